The van der Waals surface area contributed by atoms with Crippen LogP contribution in [0.2, 0.25) is 0 Å². The maximum atomic E-state index is 13.0. The van der Waals surface area contributed by atoms with Gasteiger partial charge < -0.3 is 9.42 Å². The van der Waals surface area contributed by atoms with Gasteiger partial charge in [-0.15, -0.1) is 0 Å². The van der Waals surface area contributed by atoms with Crippen molar-refractivity contribution in [2.45, 2.75) is 31.7 Å². The summed E-state index contributed by atoms with van der Waals surface area (Å²) in [6.45, 7) is 2.34. The first-order valence-corrected chi connectivity index (χ1v) is 8.64. The maximum absolute atomic E-state index is 13.0. The van der Waals surface area contributed by atoms with Gasteiger partial charge in [-0.2, -0.15) is 4.98 Å². The van der Waals surface area contributed by atoms with Crippen molar-refractivity contribution in [2.24, 2.45) is 0 Å². The molecular formula is C20H20N4O2. The van der Waals surface area contributed by atoms with Gasteiger partial charge in [0.25, 0.3) is 0 Å². The first-order valence-electron chi connectivity index (χ1n) is 8.64. The van der Waals surface area contributed by atoms with E-state index in [4.69, 9.17) is 4.52 Å². The molecule has 3 aromatic rings. The molecule has 1 aliphatic carbocycles. The number of pyridine rings is 1. The van der Waals surface area contributed by atoms with Crippen LogP contribution >= 0.6 is 0 Å². The molecule has 0 saturated heterocycles. The number of hydrogen-bond donors (Lipinski definition) is 0. The molecule has 1 saturated carbocycles. The predicted molar refractivity (Wildman–Crippen MR) is 96.1 cm³/mol. The third-order valence-electron chi connectivity index (χ3n) is 4.84. The number of carbonyl (C=O) groups is 1. The Morgan fingerprint density at radius 2 is 2.12 bits per heavy atom. The highest BCUT2D eigenvalue weighted by Crippen LogP contribution is 2.49. The minimum atomic E-state index is -0.396. The number of aromatic nitrogens is 3. The first kappa shape index (κ1) is 16.4. The summed E-state index contributed by atoms with van der Waals surface area (Å²) in [4.78, 5) is 23.2. The molecule has 26 heavy (non-hydrogen) atoms. The Morgan fingerprint density at radius 3 is 2.81 bits per heavy atom. The lowest BCUT2D eigenvalue weighted by atomic mass is 9.93. The standard InChI is InChI=1S/C20H20N4O2/c1-14-5-3-7-16(11-14)20(8-9-20)19(25)24(2)13-17-22-18(23-26-17)15-6-4-10-21-12-15/h3-7,10-12H,8-9,13H2,1-2H3. The van der Waals surface area contributed by atoms with Crippen LogP contribution in [0.15, 0.2) is 53.3 Å². The van der Waals surface area contributed by atoms with E-state index in [9.17, 15) is 4.79 Å². The molecule has 1 aromatic carbocycles. The summed E-state index contributed by atoms with van der Waals surface area (Å²) < 4.78 is 5.32. The van der Waals surface area contributed by atoms with Crippen LogP contribution in [-0.4, -0.2) is 33.0 Å². The van der Waals surface area contributed by atoms with Crippen molar-refractivity contribution < 1.29 is 9.32 Å². The molecule has 1 aliphatic rings. The number of aryl methyl sites for hydroxylation is 1. The Labute approximate surface area is 151 Å². The van der Waals surface area contributed by atoms with Crippen LogP contribution in [-0.2, 0) is 16.8 Å². The summed E-state index contributed by atoms with van der Waals surface area (Å²) in [7, 11) is 1.78. The summed E-state index contributed by atoms with van der Waals surface area (Å²) in [5.41, 5.74) is 2.65. The zero-order valence-electron chi connectivity index (χ0n) is 14.8. The van der Waals surface area contributed by atoms with Gasteiger partial charge >= 0.3 is 0 Å². The molecule has 2 heterocycles. The van der Waals surface area contributed by atoms with E-state index in [2.05, 4.69) is 21.2 Å². The third-order valence-corrected chi connectivity index (χ3v) is 4.84. The molecule has 6 heteroatoms. The van der Waals surface area contributed by atoms with Gasteiger partial charge in [-0.05, 0) is 37.5 Å². The van der Waals surface area contributed by atoms with E-state index in [1.54, 1.807) is 24.3 Å². The highest BCUT2D eigenvalue weighted by molar-refractivity contribution is 5.91. The minimum absolute atomic E-state index is 0.101. The highest BCUT2D eigenvalue weighted by atomic mass is 16.5. The van der Waals surface area contributed by atoms with E-state index < -0.39 is 5.41 Å². The fraction of sp³-hybridized carbons (Fsp3) is 0.300. The molecule has 0 unspecified atom stereocenters. The Bertz CT molecular complexity index is 932. The number of rotatable bonds is 5. The van der Waals surface area contributed by atoms with Crippen LogP contribution in [0.1, 0.15) is 29.9 Å². The van der Waals surface area contributed by atoms with E-state index in [1.807, 2.05) is 37.3 Å². The van der Waals surface area contributed by atoms with Gasteiger partial charge in [0.2, 0.25) is 17.6 Å². The second-order valence-electron chi connectivity index (χ2n) is 6.87. The van der Waals surface area contributed by atoms with Crippen molar-refractivity contribution in [2.75, 3.05) is 7.05 Å². The van der Waals surface area contributed by atoms with E-state index in [-0.39, 0.29) is 5.91 Å². The lowest BCUT2D eigenvalue weighted by Gasteiger charge is -2.22. The molecule has 6 nitrogen and oxygen atoms in total. The highest BCUT2D eigenvalue weighted by Gasteiger charge is 2.52. The number of nitrogens with zero attached hydrogens (tertiary/aromatic N) is 4. The Morgan fingerprint density at radius 1 is 1.27 bits per heavy atom. The number of likely N-dealkylation sites (N-methyl/N-ethyl adjacent to an activating group) is 1. The Balaban J connectivity index is 1.49. The van der Waals surface area contributed by atoms with E-state index >= 15 is 0 Å². The number of amides is 1. The van der Waals surface area contributed by atoms with Gasteiger partial charge in [-0.1, -0.05) is 35.0 Å². The molecular weight excluding hydrogens is 328 g/mol. The lowest BCUT2D eigenvalue weighted by Crippen LogP contribution is -2.36. The number of hydrogen-bond acceptors (Lipinski definition) is 5. The van der Waals surface area contributed by atoms with Gasteiger partial charge in [0, 0.05) is 25.0 Å². The fourth-order valence-electron chi connectivity index (χ4n) is 3.27. The number of benzene rings is 1. The molecule has 132 valence electrons. The quantitative estimate of drug-likeness (QED) is 0.708. The largest absolute Gasteiger partial charge is 0.337 e. The fourth-order valence-corrected chi connectivity index (χ4v) is 3.27. The minimum Gasteiger partial charge on any atom is -0.337 e. The van der Waals surface area contributed by atoms with Crippen LogP contribution in [0.5, 0.6) is 0 Å². The summed E-state index contributed by atoms with van der Waals surface area (Å²) in [6, 6.07) is 11.9. The normalized spacial score (nSPS) is 14.8. The maximum Gasteiger partial charge on any atom is 0.246 e. The van der Waals surface area contributed by atoms with Crippen molar-refractivity contribution in [1.82, 2.24) is 20.0 Å². The molecule has 1 amide bonds. The van der Waals surface area contributed by atoms with Crippen LogP contribution in [0.25, 0.3) is 11.4 Å². The summed E-state index contributed by atoms with van der Waals surface area (Å²) in [5.74, 6) is 0.998. The molecule has 0 atom stereocenters. The van der Waals surface area contributed by atoms with E-state index in [1.165, 1.54) is 5.56 Å². The molecule has 2 aromatic heterocycles. The van der Waals surface area contributed by atoms with Crippen molar-refractivity contribution in [3.8, 4) is 11.4 Å². The van der Waals surface area contributed by atoms with Crippen LogP contribution in [0.4, 0.5) is 0 Å². The smallest absolute Gasteiger partial charge is 0.246 e. The van der Waals surface area contributed by atoms with Gasteiger partial charge in [0.05, 0.1) is 12.0 Å². The Kier molecular flexibility index (Phi) is 4.03. The average molecular weight is 348 g/mol. The molecule has 0 bridgehead atoms. The van der Waals surface area contributed by atoms with Crippen LogP contribution < -0.4 is 0 Å². The molecule has 0 radical (unpaired) electrons. The molecule has 1 fully saturated rings. The zero-order chi connectivity index (χ0) is 18.1. The van der Waals surface area contributed by atoms with Crippen LogP contribution in [0, 0.1) is 6.92 Å². The van der Waals surface area contributed by atoms with Crippen LogP contribution in [0.3, 0.4) is 0 Å². The second kappa shape index (κ2) is 6.37. The molecule has 0 spiro atoms. The first-order chi connectivity index (χ1) is 12.6. The zero-order valence-corrected chi connectivity index (χ0v) is 14.8. The van der Waals surface area contributed by atoms with E-state index in [0.717, 1.165) is 24.0 Å². The molecule has 0 aliphatic heterocycles. The predicted octanol–water partition coefficient (Wildman–Crippen LogP) is 3.13. The van der Waals surface area contributed by atoms with Crippen molar-refractivity contribution in [1.29, 1.82) is 0 Å². The lowest BCUT2D eigenvalue weighted by molar-refractivity contribution is -0.133. The molecule has 4 rings (SSSR count). The molecule has 0 N–H and O–H groups in total. The second-order valence-corrected chi connectivity index (χ2v) is 6.87. The van der Waals surface area contributed by atoms with Crippen molar-refractivity contribution >= 4 is 5.91 Å². The third kappa shape index (κ3) is 2.98. The Hall–Kier alpha value is -3.02. The SMILES string of the molecule is Cc1cccc(C2(C(=O)N(C)Cc3nc(-c4cccnc4)no3)CC2)c1. The van der Waals surface area contributed by atoms with E-state index in [0.29, 0.717) is 18.3 Å². The van der Waals surface area contributed by atoms with Crippen molar-refractivity contribution in [3.63, 3.8) is 0 Å². The number of carbonyl (C=O) groups excluding carboxylic acids is 1. The summed E-state index contributed by atoms with van der Waals surface area (Å²) in [5, 5.41) is 3.98. The summed E-state index contributed by atoms with van der Waals surface area (Å²) >= 11 is 0. The van der Waals surface area contributed by atoms with Gasteiger partial charge in [-0.3, -0.25) is 9.78 Å². The van der Waals surface area contributed by atoms with Gasteiger partial charge in [0.15, 0.2) is 0 Å². The van der Waals surface area contributed by atoms with Gasteiger partial charge in [-0.25, -0.2) is 0 Å². The topological polar surface area (TPSA) is 72.1 Å². The monoisotopic (exact) mass is 348 g/mol. The van der Waals surface area contributed by atoms with Gasteiger partial charge in [0.1, 0.15) is 0 Å². The summed E-state index contributed by atoms with van der Waals surface area (Å²) in [6.07, 6.45) is 5.13. The van der Waals surface area contributed by atoms with Crippen molar-refractivity contribution in [3.05, 3.63) is 65.8 Å². The average Bonchev–Trinajstić information content (AvgIpc) is 3.35.